The fraction of sp³-hybridized carbons (Fsp3) is 0.100. The van der Waals surface area contributed by atoms with Crippen LogP contribution < -0.4 is 4.84 Å². The normalized spacial score (nSPS) is 11.5. The predicted molar refractivity (Wildman–Crippen MR) is 108 cm³/mol. The minimum Gasteiger partial charge on any atom is -0.304 e. The summed E-state index contributed by atoms with van der Waals surface area (Å²) in [5, 5.41) is 4.36. The van der Waals surface area contributed by atoms with Crippen molar-refractivity contribution < 1.29 is 8.78 Å². The number of anilines is 1. The summed E-state index contributed by atoms with van der Waals surface area (Å²) in [6.07, 6.45) is 5.22. The molecule has 0 aliphatic carbocycles. The van der Waals surface area contributed by atoms with Gasteiger partial charge in [-0.2, -0.15) is 4.52 Å². The van der Waals surface area contributed by atoms with Gasteiger partial charge in [-0.3, -0.25) is 4.84 Å². The standard InChI is InChI=1S/C20H14ClF2N7/c1-11-8-24-18-6-5-12(10-29(11)18)14-9-25-20(27-21)30-19(14)26-17(28-30)7-13-15(22)3-2-4-16(13)23/h2-6,8-10H,7H2,1H3,(H,25,27). The molecule has 7 nitrogen and oxygen atoms in total. The Morgan fingerprint density at radius 2 is 1.87 bits per heavy atom. The lowest BCUT2D eigenvalue weighted by molar-refractivity contribution is 0.559. The maximum Gasteiger partial charge on any atom is 0.240 e. The molecule has 5 rings (SSSR count). The van der Waals surface area contributed by atoms with Gasteiger partial charge in [-0.1, -0.05) is 6.07 Å². The van der Waals surface area contributed by atoms with E-state index in [1.54, 1.807) is 12.4 Å². The number of hydrogen-bond donors (Lipinski definition) is 1. The highest BCUT2D eigenvalue weighted by Crippen LogP contribution is 2.26. The minimum absolute atomic E-state index is 0.0984. The van der Waals surface area contributed by atoms with E-state index in [1.165, 1.54) is 22.7 Å². The Labute approximate surface area is 174 Å². The summed E-state index contributed by atoms with van der Waals surface area (Å²) in [6.45, 7) is 1.95. The van der Waals surface area contributed by atoms with Crippen molar-refractivity contribution >= 4 is 29.0 Å². The number of hydrogen-bond acceptors (Lipinski definition) is 5. The molecule has 0 fully saturated rings. The van der Waals surface area contributed by atoms with Crippen LogP contribution in [0, 0.1) is 18.6 Å². The minimum atomic E-state index is -0.649. The van der Waals surface area contributed by atoms with Crippen LogP contribution in [0.3, 0.4) is 0 Å². The molecule has 10 heteroatoms. The average Bonchev–Trinajstić information content (AvgIpc) is 3.33. The van der Waals surface area contributed by atoms with Gasteiger partial charge in [0.05, 0.1) is 0 Å². The van der Waals surface area contributed by atoms with Crippen molar-refractivity contribution in [2.24, 2.45) is 0 Å². The molecule has 1 aromatic carbocycles. The number of fused-ring (bicyclic) bond motifs is 2. The van der Waals surface area contributed by atoms with Gasteiger partial charge < -0.3 is 4.40 Å². The van der Waals surface area contributed by atoms with Gasteiger partial charge in [-0.25, -0.2) is 23.7 Å². The molecule has 0 radical (unpaired) electrons. The second kappa shape index (κ2) is 7.03. The van der Waals surface area contributed by atoms with Crippen LogP contribution in [-0.4, -0.2) is 29.0 Å². The van der Waals surface area contributed by atoms with E-state index in [-0.39, 0.29) is 23.8 Å². The third-order valence-corrected chi connectivity index (χ3v) is 5.06. The highest BCUT2D eigenvalue weighted by Gasteiger charge is 2.18. The third-order valence-electron chi connectivity index (χ3n) is 4.89. The molecule has 0 spiro atoms. The summed E-state index contributed by atoms with van der Waals surface area (Å²) in [6, 6.07) is 7.51. The molecule has 4 heterocycles. The molecule has 0 amide bonds. The second-order valence-electron chi connectivity index (χ2n) is 6.78. The number of imidazole rings is 1. The quantitative estimate of drug-likeness (QED) is 0.437. The van der Waals surface area contributed by atoms with Crippen molar-refractivity contribution in [2.75, 3.05) is 4.84 Å². The number of pyridine rings is 1. The molecule has 30 heavy (non-hydrogen) atoms. The van der Waals surface area contributed by atoms with Crippen LogP contribution in [0.5, 0.6) is 0 Å². The lowest BCUT2D eigenvalue weighted by Gasteiger charge is -2.07. The molecular weight excluding hydrogens is 412 g/mol. The van der Waals surface area contributed by atoms with E-state index in [2.05, 4.69) is 24.9 Å². The number of rotatable bonds is 4. The second-order valence-corrected chi connectivity index (χ2v) is 6.96. The van der Waals surface area contributed by atoms with Crippen molar-refractivity contribution in [3.05, 3.63) is 77.6 Å². The molecule has 150 valence electrons. The Kier molecular flexibility index (Phi) is 4.32. The van der Waals surface area contributed by atoms with E-state index in [1.807, 2.05) is 29.7 Å². The van der Waals surface area contributed by atoms with Gasteiger partial charge in [0.15, 0.2) is 11.5 Å². The topological polar surface area (TPSA) is 72.4 Å². The van der Waals surface area contributed by atoms with Gasteiger partial charge in [-0.15, -0.1) is 5.10 Å². The van der Waals surface area contributed by atoms with Crippen molar-refractivity contribution in [3.8, 4) is 11.1 Å². The summed E-state index contributed by atoms with van der Waals surface area (Å²) >= 11 is 5.77. The first-order valence-electron chi connectivity index (χ1n) is 9.03. The van der Waals surface area contributed by atoms with E-state index < -0.39 is 11.6 Å². The van der Waals surface area contributed by atoms with Crippen molar-refractivity contribution in [2.45, 2.75) is 13.3 Å². The van der Waals surface area contributed by atoms with Gasteiger partial charge in [-0.05, 0) is 31.2 Å². The van der Waals surface area contributed by atoms with Crippen LogP contribution in [0.25, 0.3) is 22.4 Å². The number of nitrogens with one attached hydrogen (secondary N) is 1. The first-order chi connectivity index (χ1) is 14.5. The molecule has 0 bridgehead atoms. The number of aromatic nitrogens is 6. The molecule has 0 atom stereocenters. The molecule has 0 aliphatic heterocycles. The number of benzene rings is 1. The summed E-state index contributed by atoms with van der Waals surface area (Å²) in [5.74, 6) is -0.822. The zero-order chi connectivity index (χ0) is 20.8. The number of aryl methyl sites for hydroxylation is 1. The third kappa shape index (κ3) is 2.94. The summed E-state index contributed by atoms with van der Waals surface area (Å²) in [5.41, 5.74) is 3.67. The molecule has 1 N–H and O–H groups in total. The van der Waals surface area contributed by atoms with Crippen LogP contribution >= 0.6 is 11.8 Å². The Morgan fingerprint density at radius 3 is 2.63 bits per heavy atom. The zero-order valence-corrected chi connectivity index (χ0v) is 16.4. The monoisotopic (exact) mass is 425 g/mol. The molecule has 0 saturated heterocycles. The maximum atomic E-state index is 14.1. The van der Waals surface area contributed by atoms with Crippen molar-refractivity contribution in [1.29, 1.82) is 0 Å². The van der Waals surface area contributed by atoms with Gasteiger partial charge in [0.2, 0.25) is 5.95 Å². The SMILES string of the molecule is Cc1cnc2ccc(-c3cnc(NCl)n4nc(Cc5c(F)cccc5F)nc34)cn12. The van der Waals surface area contributed by atoms with Crippen LogP contribution in [0.4, 0.5) is 14.7 Å². The van der Waals surface area contributed by atoms with E-state index in [0.29, 0.717) is 11.2 Å². The molecule has 0 unspecified atom stereocenters. The van der Waals surface area contributed by atoms with Gasteiger partial charge in [0.1, 0.15) is 17.3 Å². The van der Waals surface area contributed by atoms with Gasteiger partial charge >= 0.3 is 0 Å². The molecule has 0 aliphatic rings. The summed E-state index contributed by atoms with van der Waals surface area (Å²) < 4.78 is 31.5. The highest BCUT2D eigenvalue weighted by molar-refractivity contribution is 6.23. The van der Waals surface area contributed by atoms with Crippen LogP contribution in [0.1, 0.15) is 17.1 Å². The lowest BCUT2D eigenvalue weighted by Crippen LogP contribution is -2.02. The molecule has 5 aromatic rings. The highest BCUT2D eigenvalue weighted by atomic mass is 35.5. The summed E-state index contributed by atoms with van der Waals surface area (Å²) in [7, 11) is 0. The molecular formula is C20H14ClF2N7. The van der Waals surface area contributed by atoms with Crippen molar-refractivity contribution in [1.82, 2.24) is 29.0 Å². The van der Waals surface area contributed by atoms with Crippen LogP contribution in [0.2, 0.25) is 0 Å². The zero-order valence-electron chi connectivity index (χ0n) is 15.6. The maximum absolute atomic E-state index is 14.1. The van der Waals surface area contributed by atoms with E-state index in [0.717, 1.165) is 16.9 Å². The number of nitrogens with zero attached hydrogens (tertiary/aromatic N) is 6. The first-order valence-corrected chi connectivity index (χ1v) is 9.41. The Hall–Kier alpha value is -3.59. The molecule has 0 saturated carbocycles. The fourth-order valence-corrected chi connectivity index (χ4v) is 3.51. The van der Waals surface area contributed by atoms with Crippen LogP contribution in [0.15, 0.2) is 48.9 Å². The fourth-order valence-electron chi connectivity index (χ4n) is 3.38. The molecule has 4 aromatic heterocycles. The van der Waals surface area contributed by atoms with E-state index in [9.17, 15) is 8.78 Å². The van der Waals surface area contributed by atoms with E-state index >= 15 is 0 Å². The van der Waals surface area contributed by atoms with Gasteiger partial charge in [0, 0.05) is 59.2 Å². The van der Waals surface area contributed by atoms with Crippen molar-refractivity contribution in [3.63, 3.8) is 0 Å². The Bertz CT molecular complexity index is 1390. The van der Waals surface area contributed by atoms with Crippen LogP contribution in [-0.2, 0) is 6.42 Å². The largest absolute Gasteiger partial charge is 0.304 e. The smallest absolute Gasteiger partial charge is 0.240 e. The van der Waals surface area contributed by atoms with E-state index in [4.69, 9.17) is 11.8 Å². The first kappa shape index (κ1) is 18.4. The number of halogens is 3. The van der Waals surface area contributed by atoms with Gasteiger partial charge in [0.25, 0.3) is 0 Å². The predicted octanol–water partition coefficient (Wildman–Crippen LogP) is 4.18. The Morgan fingerprint density at radius 1 is 1.07 bits per heavy atom. The lowest BCUT2D eigenvalue weighted by atomic mass is 10.1. The summed E-state index contributed by atoms with van der Waals surface area (Å²) in [4.78, 5) is 15.6. The average molecular weight is 426 g/mol. The Balaban J connectivity index is 1.67.